The second-order valence-corrected chi connectivity index (χ2v) is 3.85. The smallest absolute Gasteiger partial charge is 0.252 e. The molecule has 0 fully saturated rings. The van der Waals surface area contributed by atoms with Crippen molar-refractivity contribution in [2.75, 3.05) is 7.11 Å². The van der Waals surface area contributed by atoms with Crippen LogP contribution in [0.15, 0.2) is 24.3 Å². The normalized spacial score (nSPS) is 11.6. The molecule has 0 heterocycles. The van der Waals surface area contributed by atoms with Crippen LogP contribution in [0.3, 0.4) is 0 Å². The standard InChI is InChI=1S/C8H9FO4S/c1-12-14(10,11)13-6-7-3-2-4-8(9)5-7/h2-5H,6H2,1H3. The summed E-state index contributed by atoms with van der Waals surface area (Å²) in [6.07, 6.45) is 0. The Labute approximate surface area is 81.6 Å². The Bertz CT molecular complexity index is 402. The summed E-state index contributed by atoms with van der Waals surface area (Å²) in [6, 6.07) is 5.46. The minimum Gasteiger partial charge on any atom is -0.252 e. The molecule has 1 rings (SSSR count). The van der Waals surface area contributed by atoms with E-state index in [2.05, 4.69) is 8.37 Å². The molecule has 0 radical (unpaired) electrons. The second kappa shape index (κ2) is 4.50. The van der Waals surface area contributed by atoms with Crippen LogP contribution in [0.4, 0.5) is 4.39 Å². The lowest BCUT2D eigenvalue weighted by Crippen LogP contribution is -2.07. The summed E-state index contributed by atoms with van der Waals surface area (Å²) in [5.74, 6) is -0.444. The van der Waals surface area contributed by atoms with E-state index in [1.54, 1.807) is 6.07 Å². The molecule has 1 aromatic carbocycles. The summed E-state index contributed by atoms with van der Waals surface area (Å²) in [5.41, 5.74) is 0.422. The fourth-order valence-corrected chi connectivity index (χ4v) is 1.19. The quantitative estimate of drug-likeness (QED) is 0.765. The van der Waals surface area contributed by atoms with Gasteiger partial charge in [0.15, 0.2) is 0 Å². The van der Waals surface area contributed by atoms with Gasteiger partial charge in [-0.05, 0) is 17.7 Å². The van der Waals surface area contributed by atoms with Crippen molar-refractivity contribution in [3.05, 3.63) is 35.6 Å². The van der Waals surface area contributed by atoms with Gasteiger partial charge < -0.3 is 0 Å². The third-order valence-corrected chi connectivity index (χ3v) is 2.28. The highest BCUT2D eigenvalue weighted by molar-refractivity contribution is 7.81. The van der Waals surface area contributed by atoms with Crippen LogP contribution in [0.1, 0.15) is 5.56 Å². The first-order valence-corrected chi connectivity index (χ1v) is 5.06. The Kier molecular flexibility index (Phi) is 3.56. The van der Waals surface area contributed by atoms with E-state index >= 15 is 0 Å². The van der Waals surface area contributed by atoms with Crippen LogP contribution in [-0.4, -0.2) is 15.5 Å². The fourth-order valence-electron chi connectivity index (χ4n) is 0.815. The molecule has 0 amide bonds. The molecule has 0 atom stereocenters. The van der Waals surface area contributed by atoms with Gasteiger partial charge in [-0.3, -0.25) is 4.18 Å². The molecular formula is C8H9FO4S. The van der Waals surface area contributed by atoms with Gasteiger partial charge in [0.2, 0.25) is 0 Å². The monoisotopic (exact) mass is 220 g/mol. The first kappa shape index (κ1) is 11.1. The van der Waals surface area contributed by atoms with E-state index in [-0.39, 0.29) is 6.61 Å². The van der Waals surface area contributed by atoms with Gasteiger partial charge in [0, 0.05) is 0 Å². The van der Waals surface area contributed by atoms with Crippen molar-refractivity contribution >= 4 is 10.4 Å². The number of benzene rings is 1. The van der Waals surface area contributed by atoms with Gasteiger partial charge in [-0.25, -0.2) is 8.57 Å². The largest absolute Gasteiger partial charge is 0.399 e. The van der Waals surface area contributed by atoms with Crippen LogP contribution in [0.2, 0.25) is 0 Å². The molecule has 0 aliphatic carbocycles. The lowest BCUT2D eigenvalue weighted by molar-refractivity contribution is 0.235. The summed E-state index contributed by atoms with van der Waals surface area (Å²) >= 11 is 0. The van der Waals surface area contributed by atoms with E-state index < -0.39 is 16.2 Å². The van der Waals surface area contributed by atoms with E-state index in [0.717, 1.165) is 7.11 Å². The lowest BCUT2D eigenvalue weighted by Gasteiger charge is -2.02. The van der Waals surface area contributed by atoms with E-state index in [1.807, 2.05) is 0 Å². The Morgan fingerprint density at radius 3 is 2.71 bits per heavy atom. The van der Waals surface area contributed by atoms with Gasteiger partial charge in [0.1, 0.15) is 5.82 Å². The van der Waals surface area contributed by atoms with E-state index in [0.29, 0.717) is 5.56 Å². The molecular weight excluding hydrogens is 211 g/mol. The first-order valence-electron chi connectivity index (χ1n) is 3.73. The van der Waals surface area contributed by atoms with Gasteiger partial charge in [-0.1, -0.05) is 12.1 Å². The Hall–Kier alpha value is -0.980. The summed E-state index contributed by atoms with van der Waals surface area (Å²) < 4.78 is 42.5. The van der Waals surface area contributed by atoms with Gasteiger partial charge in [0.05, 0.1) is 13.7 Å². The SMILES string of the molecule is COS(=O)(=O)OCc1cccc(F)c1. The van der Waals surface area contributed by atoms with Gasteiger partial charge in [0.25, 0.3) is 0 Å². The van der Waals surface area contributed by atoms with Crippen LogP contribution < -0.4 is 0 Å². The maximum atomic E-state index is 12.6. The zero-order valence-corrected chi connectivity index (χ0v) is 8.25. The fraction of sp³-hybridized carbons (Fsp3) is 0.250. The molecule has 0 spiro atoms. The summed E-state index contributed by atoms with van der Waals surface area (Å²) in [6.45, 7) is -0.242. The third kappa shape index (κ3) is 3.41. The number of halogens is 1. The van der Waals surface area contributed by atoms with Crippen LogP contribution in [0.5, 0.6) is 0 Å². The van der Waals surface area contributed by atoms with Crippen molar-refractivity contribution in [1.82, 2.24) is 0 Å². The summed E-state index contributed by atoms with van der Waals surface area (Å²) in [5, 5.41) is 0. The molecule has 6 heteroatoms. The molecule has 4 nitrogen and oxygen atoms in total. The highest BCUT2D eigenvalue weighted by Crippen LogP contribution is 2.07. The van der Waals surface area contributed by atoms with Gasteiger partial charge in [-0.15, -0.1) is 0 Å². The Balaban J connectivity index is 2.63. The maximum absolute atomic E-state index is 12.6. The lowest BCUT2D eigenvalue weighted by atomic mass is 10.2. The minimum absolute atomic E-state index is 0.242. The molecule has 0 bridgehead atoms. The van der Waals surface area contributed by atoms with Crippen molar-refractivity contribution in [3.63, 3.8) is 0 Å². The Morgan fingerprint density at radius 2 is 2.14 bits per heavy atom. The van der Waals surface area contributed by atoms with Crippen LogP contribution in [0, 0.1) is 5.82 Å². The molecule has 0 aliphatic rings. The average Bonchev–Trinajstić information content (AvgIpc) is 2.15. The van der Waals surface area contributed by atoms with E-state index in [4.69, 9.17) is 0 Å². The zero-order valence-electron chi connectivity index (χ0n) is 7.44. The molecule has 0 aromatic heterocycles. The molecule has 0 N–H and O–H groups in total. The van der Waals surface area contributed by atoms with Crippen LogP contribution in [0.25, 0.3) is 0 Å². The highest BCUT2D eigenvalue weighted by atomic mass is 32.3. The van der Waals surface area contributed by atoms with Gasteiger partial charge >= 0.3 is 10.4 Å². The first-order chi connectivity index (χ1) is 6.53. The molecule has 78 valence electrons. The Morgan fingerprint density at radius 1 is 1.43 bits per heavy atom. The molecule has 1 aromatic rings. The third-order valence-electron chi connectivity index (χ3n) is 1.46. The van der Waals surface area contributed by atoms with Crippen molar-refractivity contribution in [2.45, 2.75) is 6.61 Å². The van der Waals surface area contributed by atoms with E-state index in [1.165, 1.54) is 18.2 Å². The average molecular weight is 220 g/mol. The van der Waals surface area contributed by atoms with Crippen molar-refractivity contribution in [3.8, 4) is 0 Å². The molecule has 0 unspecified atom stereocenters. The van der Waals surface area contributed by atoms with Crippen LogP contribution in [-0.2, 0) is 25.4 Å². The number of rotatable bonds is 4. The van der Waals surface area contributed by atoms with Crippen molar-refractivity contribution < 1.29 is 21.2 Å². The predicted molar refractivity (Wildman–Crippen MR) is 47.1 cm³/mol. The molecule has 0 saturated carbocycles. The summed E-state index contributed by atoms with van der Waals surface area (Å²) in [4.78, 5) is 0. The molecule has 0 aliphatic heterocycles. The van der Waals surface area contributed by atoms with Crippen molar-refractivity contribution in [2.24, 2.45) is 0 Å². The topological polar surface area (TPSA) is 52.6 Å². The van der Waals surface area contributed by atoms with Crippen LogP contribution >= 0.6 is 0 Å². The molecule has 14 heavy (non-hydrogen) atoms. The number of hydrogen-bond acceptors (Lipinski definition) is 4. The van der Waals surface area contributed by atoms with E-state index in [9.17, 15) is 12.8 Å². The zero-order chi connectivity index (χ0) is 10.6. The second-order valence-electron chi connectivity index (χ2n) is 2.47. The predicted octanol–water partition coefficient (Wildman–Crippen LogP) is 1.23. The van der Waals surface area contributed by atoms with Crippen molar-refractivity contribution in [1.29, 1.82) is 0 Å². The minimum atomic E-state index is -3.95. The number of hydrogen-bond donors (Lipinski definition) is 0. The van der Waals surface area contributed by atoms with Gasteiger partial charge in [-0.2, -0.15) is 8.42 Å². The molecule has 0 saturated heterocycles. The summed E-state index contributed by atoms with van der Waals surface area (Å²) in [7, 11) is -2.97. The maximum Gasteiger partial charge on any atom is 0.399 e. The highest BCUT2D eigenvalue weighted by Gasteiger charge is 2.08.